The van der Waals surface area contributed by atoms with Gasteiger partial charge in [-0.2, -0.15) is 0 Å². The van der Waals surface area contributed by atoms with Gasteiger partial charge in [0.15, 0.2) is 5.82 Å². The van der Waals surface area contributed by atoms with Crippen molar-refractivity contribution in [2.24, 2.45) is 0 Å². The van der Waals surface area contributed by atoms with Crippen molar-refractivity contribution in [2.75, 3.05) is 30.3 Å². The van der Waals surface area contributed by atoms with E-state index in [1.54, 1.807) is 6.07 Å². The van der Waals surface area contributed by atoms with Crippen LogP contribution in [0.2, 0.25) is 0 Å². The van der Waals surface area contributed by atoms with Gasteiger partial charge >= 0.3 is 0 Å². The van der Waals surface area contributed by atoms with E-state index in [-0.39, 0.29) is 6.61 Å². The quantitative estimate of drug-likeness (QED) is 0.721. The van der Waals surface area contributed by atoms with Crippen LogP contribution in [0, 0.1) is 0 Å². The largest absolute Gasteiger partial charge is 0.395 e. The second kappa shape index (κ2) is 6.19. The van der Waals surface area contributed by atoms with Gasteiger partial charge in [-0.3, -0.25) is 0 Å². The summed E-state index contributed by atoms with van der Waals surface area (Å²) in [5.41, 5.74) is 5.46. The minimum atomic E-state index is 0.121. The number of rotatable bonds is 6. The molecule has 15 heavy (non-hydrogen) atoms. The Balaban J connectivity index is 2.65. The fraction of sp³-hybridized carbons (Fsp3) is 0.600. The summed E-state index contributed by atoms with van der Waals surface area (Å²) in [5.74, 6) is 1.19. The number of hydrogen-bond acceptors (Lipinski definition) is 5. The summed E-state index contributed by atoms with van der Waals surface area (Å²) < 4.78 is 0. The third-order valence-electron chi connectivity index (χ3n) is 2.15. The maximum atomic E-state index is 8.94. The summed E-state index contributed by atoms with van der Waals surface area (Å²) in [4.78, 5) is 2.01. The molecule has 0 aromatic carbocycles. The lowest BCUT2D eigenvalue weighted by atomic mass is 10.3. The van der Waals surface area contributed by atoms with Crippen LogP contribution in [0.15, 0.2) is 12.1 Å². The predicted octanol–water partition coefficient (Wildman–Crippen LogP) is 0.658. The number of unbranched alkanes of at least 4 members (excludes halogenated alkanes) is 1. The number of hydrogen-bond donors (Lipinski definition) is 2. The Labute approximate surface area is 89.9 Å². The van der Waals surface area contributed by atoms with Crippen LogP contribution in [0.5, 0.6) is 0 Å². The number of nitrogens with two attached hydrogens (primary N) is 1. The molecule has 5 nitrogen and oxygen atoms in total. The zero-order valence-electron chi connectivity index (χ0n) is 9.06. The number of aromatic nitrogens is 2. The highest BCUT2D eigenvalue weighted by molar-refractivity contribution is 5.41. The fourth-order valence-electron chi connectivity index (χ4n) is 1.31. The molecule has 0 aliphatic heterocycles. The van der Waals surface area contributed by atoms with E-state index in [0.29, 0.717) is 12.4 Å². The molecule has 0 atom stereocenters. The van der Waals surface area contributed by atoms with E-state index in [2.05, 4.69) is 17.1 Å². The van der Waals surface area contributed by atoms with Crippen molar-refractivity contribution in [3.05, 3.63) is 12.1 Å². The van der Waals surface area contributed by atoms with E-state index < -0.39 is 0 Å². The molecular formula is C10H18N4O. The van der Waals surface area contributed by atoms with Gasteiger partial charge in [-0.05, 0) is 18.6 Å². The molecule has 0 radical (unpaired) electrons. The summed E-state index contributed by atoms with van der Waals surface area (Å²) in [7, 11) is 0. The molecule has 0 bridgehead atoms. The molecule has 0 amide bonds. The first kappa shape index (κ1) is 11.7. The van der Waals surface area contributed by atoms with Crippen LogP contribution >= 0.6 is 0 Å². The SMILES string of the molecule is CCCCN(CCO)c1ccc(N)nn1. The Hall–Kier alpha value is -1.36. The van der Waals surface area contributed by atoms with E-state index in [4.69, 9.17) is 10.8 Å². The molecule has 5 heteroatoms. The summed E-state index contributed by atoms with van der Waals surface area (Å²) in [6.07, 6.45) is 2.19. The third kappa shape index (κ3) is 3.71. The predicted molar refractivity (Wildman–Crippen MR) is 60.7 cm³/mol. The highest BCUT2D eigenvalue weighted by atomic mass is 16.3. The van der Waals surface area contributed by atoms with Crippen LogP contribution in [0.4, 0.5) is 11.6 Å². The van der Waals surface area contributed by atoms with Gasteiger partial charge in [-0.15, -0.1) is 10.2 Å². The highest BCUT2D eigenvalue weighted by Crippen LogP contribution is 2.10. The summed E-state index contributed by atoms with van der Waals surface area (Å²) in [5, 5.41) is 16.7. The van der Waals surface area contributed by atoms with Crippen molar-refractivity contribution in [1.82, 2.24) is 10.2 Å². The number of nitrogen functional groups attached to an aromatic ring is 1. The molecule has 0 saturated heterocycles. The van der Waals surface area contributed by atoms with E-state index in [9.17, 15) is 0 Å². The summed E-state index contributed by atoms with van der Waals surface area (Å²) >= 11 is 0. The number of nitrogens with zero attached hydrogens (tertiary/aromatic N) is 3. The number of anilines is 2. The Morgan fingerprint density at radius 3 is 2.67 bits per heavy atom. The molecule has 0 fully saturated rings. The van der Waals surface area contributed by atoms with Gasteiger partial charge in [0.2, 0.25) is 0 Å². The Morgan fingerprint density at radius 1 is 1.33 bits per heavy atom. The zero-order valence-corrected chi connectivity index (χ0v) is 9.06. The molecule has 0 saturated carbocycles. The number of aliphatic hydroxyl groups excluding tert-OH is 1. The molecule has 1 aromatic heterocycles. The van der Waals surface area contributed by atoms with Gasteiger partial charge < -0.3 is 15.7 Å². The Kier molecular flexibility index (Phi) is 4.83. The lowest BCUT2D eigenvalue weighted by molar-refractivity contribution is 0.301. The molecule has 0 unspecified atom stereocenters. The number of aliphatic hydroxyl groups is 1. The second-order valence-corrected chi connectivity index (χ2v) is 3.38. The first-order valence-corrected chi connectivity index (χ1v) is 5.23. The molecule has 0 aliphatic rings. The summed E-state index contributed by atoms with van der Waals surface area (Å²) in [6, 6.07) is 3.55. The summed E-state index contributed by atoms with van der Waals surface area (Å²) in [6.45, 7) is 3.72. The fourth-order valence-corrected chi connectivity index (χ4v) is 1.31. The van der Waals surface area contributed by atoms with Crippen molar-refractivity contribution in [3.63, 3.8) is 0 Å². The molecule has 0 aliphatic carbocycles. The maximum absolute atomic E-state index is 8.94. The van der Waals surface area contributed by atoms with Crippen LogP contribution in [-0.2, 0) is 0 Å². The van der Waals surface area contributed by atoms with Gasteiger partial charge in [0, 0.05) is 13.1 Å². The molecular weight excluding hydrogens is 192 g/mol. The lowest BCUT2D eigenvalue weighted by Crippen LogP contribution is -2.28. The average Bonchev–Trinajstić information content (AvgIpc) is 2.25. The molecule has 1 aromatic rings. The van der Waals surface area contributed by atoms with Crippen molar-refractivity contribution in [3.8, 4) is 0 Å². The Bertz CT molecular complexity index is 275. The van der Waals surface area contributed by atoms with Crippen LogP contribution in [0.1, 0.15) is 19.8 Å². The molecule has 1 rings (SSSR count). The topological polar surface area (TPSA) is 75.3 Å². The van der Waals surface area contributed by atoms with E-state index in [1.807, 2.05) is 11.0 Å². The standard InChI is InChI=1S/C10H18N4O/c1-2-3-6-14(7-8-15)10-5-4-9(11)12-13-10/h4-5,15H,2-3,6-8H2,1H3,(H2,11,12). The van der Waals surface area contributed by atoms with Crippen molar-refractivity contribution >= 4 is 11.6 Å². The van der Waals surface area contributed by atoms with E-state index in [1.165, 1.54) is 0 Å². The minimum Gasteiger partial charge on any atom is -0.395 e. The highest BCUT2D eigenvalue weighted by Gasteiger charge is 2.06. The van der Waals surface area contributed by atoms with Crippen LogP contribution in [-0.4, -0.2) is 35.0 Å². The molecule has 3 N–H and O–H groups in total. The molecule has 84 valence electrons. The normalized spacial score (nSPS) is 10.3. The zero-order chi connectivity index (χ0) is 11.1. The van der Waals surface area contributed by atoms with Gasteiger partial charge in [0.25, 0.3) is 0 Å². The molecule has 0 spiro atoms. The second-order valence-electron chi connectivity index (χ2n) is 3.38. The van der Waals surface area contributed by atoms with Gasteiger partial charge in [0.1, 0.15) is 5.82 Å². The van der Waals surface area contributed by atoms with Crippen LogP contribution in [0.3, 0.4) is 0 Å². The Morgan fingerprint density at radius 2 is 2.13 bits per heavy atom. The third-order valence-corrected chi connectivity index (χ3v) is 2.15. The molecule has 1 heterocycles. The van der Waals surface area contributed by atoms with Gasteiger partial charge in [0.05, 0.1) is 6.61 Å². The minimum absolute atomic E-state index is 0.121. The smallest absolute Gasteiger partial charge is 0.151 e. The van der Waals surface area contributed by atoms with E-state index in [0.717, 1.165) is 25.2 Å². The van der Waals surface area contributed by atoms with Gasteiger partial charge in [-0.25, -0.2) is 0 Å². The van der Waals surface area contributed by atoms with Crippen molar-refractivity contribution < 1.29 is 5.11 Å². The van der Waals surface area contributed by atoms with E-state index >= 15 is 0 Å². The van der Waals surface area contributed by atoms with Crippen LogP contribution < -0.4 is 10.6 Å². The maximum Gasteiger partial charge on any atom is 0.151 e. The van der Waals surface area contributed by atoms with Crippen LogP contribution in [0.25, 0.3) is 0 Å². The lowest BCUT2D eigenvalue weighted by Gasteiger charge is -2.21. The van der Waals surface area contributed by atoms with Crippen molar-refractivity contribution in [2.45, 2.75) is 19.8 Å². The van der Waals surface area contributed by atoms with Crippen molar-refractivity contribution in [1.29, 1.82) is 0 Å². The average molecular weight is 210 g/mol. The monoisotopic (exact) mass is 210 g/mol. The first-order chi connectivity index (χ1) is 7.27. The van der Waals surface area contributed by atoms with Gasteiger partial charge in [-0.1, -0.05) is 13.3 Å². The first-order valence-electron chi connectivity index (χ1n) is 5.23.